The van der Waals surface area contributed by atoms with Crippen LogP contribution in [0.4, 0.5) is 10.7 Å². The molecule has 1 aliphatic rings. The minimum Gasteiger partial charge on any atom is -0.444 e. The number of anilines is 1. The first kappa shape index (κ1) is 21.2. The summed E-state index contributed by atoms with van der Waals surface area (Å²) in [5, 5.41) is 9.52. The average molecular weight is 380 g/mol. The van der Waals surface area contributed by atoms with Gasteiger partial charge in [0.2, 0.25) is 11.8 Å². The summed E-state index contributed by atoms with van der Waals surface area (Å²) in [4.78, 5) is 26.3. The molecule has 1 fully saturated rings. The first-order valence-corrected chi connectivity index (χ1v) is 9.61. The molecular formula is C19H32N4O4. The Morgan fingerprint density at radius 2 is 2.11 bits per heavy atom. The highest BCUT2D eigenvalue weighted by atomic mass is 16.6. The van der Waals surface area contributed by atoms with E-state index in [4.69, 9.17) is 9.26 Å². The fourth-order valence-corrected chi connectivity index (χ4v) is 3.00. The standard InChI is InChI=1S/C19H32N4O4/c1-13(2)15-10-17(27-22-15)21-16(24)12-23-9-7-6-8-14(23)11-20-18(25)26-19(3,4)5/h10,13-14H,6-9,11-12H2,1-5H3,(H,20,25)(H,21,24). The average Bonchev–Trinajstić information content (AvgIpc) is 3.01. The Morgan fingerprint density at radius 3 is 2.74 bits per heavy atom. The molecule has 1 unspecified atom stereocenters. The van der Waals surface area contributed by atoms with Gasteiger partial charge in [-0.3, -0.25) is 15.0 Å². The number of piperidine rings is 1. The van der Waals surface area contributed by atoms with Crippen LogP contribution in [0, 0.1) is 0 Å². The topological polar surface area (TPSA) is 96.7 Å². The predicted octanol–water partition coefficient (Wildman–Crippen LogP) is 3.12. The van der Waals surface area contributed by atoms with Crippen LogP contribution in [0.15, 0.2) is 10.6 Å². The van der Waals surface area contributed by atoms with Gasteiger partial charge in [0.05, 0.1) is 12.2 Å². The van der Waals surface area contributed by atoms with Crippen molar-refractivity contribution in [1.82, 2.24) is 15.4 Å². The lowest BCUT2D eigenvalue weighted by Crippen LogP contribution is -2.49. The van der Waals surface area contributed by atoms with Crippen LogP contribution >= 0.6 is 0 Å². The molecular weight excluding hydrogens is 348 g/mol. The Morgan fingerprint density at radius 1 is 1.37 bits per heavy atom. The van der Waals surface area contributed by atoms with Crippen molar-refractivity contribution in [1.29, 1.82) is 0 Å². The fourth-order valence-electron chi connectivity index (χ4n) is 3.00. The number of nitrogens with one attached hydrogen (secondary N) is 2. The number of amides is 2. The van der Waals surface area contributed by atoms with Gasteiger partial charge in [0.25, 0.3) is 0 Å². The molecule has 1 aromatic rings. The largest absolute Gasteiger partial charge is 0.444 e. The molecule has 27 heavy (non-hydrogen) atoms. The maximum Gasteiger partial charge on any atom is 0.407 e. The van der Waals surface area contributed by atoms with Crippen molar-refractivity contribution < 1.29 is 18.8 Å². The van der Waals surface area contributed by atoms with Crippen LogP contribution in [-0.2, 0) is 9.53 Å². The van der Waals surface area contributed by atoms with Gasteiger partial charge in [0.1, 0.15) is 5.60 Å². The molecule has 0 aliphatic carbocycles. The highest BCUT2D eigenvalue weighted by Gasteiger charge is 2.26. The highest BCUT2D eigenvalue weighted by Crippen LogP contribution is 2.19. The fraction of sp³-hybridized carbons (Fsp3) is 0.737. The van der Waals surface area contributed by atoms with Crippen molar-refractivity contribution in [3.63, 3.8) is 0 Å². The summed E-state index contributed by atoms with van der Waals surface area (Å²) in [5.41, 5.74) is 0.282. The Bertz CT molecular complexity index is 636. The Kier molecular flexibility index (Phi) is 7.24. The molecule has 1 saturated heterocycles. The molecule has 152 valence electrons. The minimum absolute atomic E-state index is 0.109. The molecule has 8 heteroatoms. The summed E-state index contributed by atoms with van der Waals surface area (Å²) in [6.07, 6.45) is 2.62. The number of rotatable bonds is 6. The maximum absolute atomic E-state index is 12.4. The van der Waals surface area contributed by atoms with Crippen LogP contribution in [0.25, 0.3) is 0 Å². The highest BCUT2D eigenvalue weighted by molar-refractivity contribution is 5.91. The Hall–Kier alpha value is -2.09. The van der Waals surface area contributed by atoms with E-state index in [2.05, 4.69) is 20.7 Å². The number of aromatic nitrogens is 1. The first-order chi connectivity index (χ1) is 12.6. The summed E-state index contributed by atoms with van der Waals surface area (Å²) in [5.74, 6) is 0.458. The monoisotopic (exact) mass is 380 g/mol. The smallest absolute Gasteiger partial charge is 0.407 e. The minimum atomic E-state index is -0.526. The molecule has 1 aromatic heterocycles. The van der Waals surface area contributed by atoms with E-state index < -0.39 is 11.7 Å². The Balaban J connectivity index is 1.84. The second-order valence-corrected chi connectivity index (χ2v) is 8.32. The van der Waals surface area contributed by atoms with Gasteiger partial charge >= 0.3 is 6.09 Å². The zero-order chi connectivity index (χ0) is 20.0. The molecule has 2 rings (SSSR count). The number of alkyl carbamates (subject to hydrolysis) is 1. The quantitative estimate of drug-likeness (QED) is 0.787. The van der Waals surface area contributed by atoms with E-state index in [9.17, 15) is 9.59 Å². The molecule has 1 atom stereocenters. The lowest BCUT2D eigenvalue weighted by atomic mass is 10.0. The van der Waals surface area contributed by atoms with Crippen molar-refractivity contribution in [2.75, 3.05) is 25.0 Å². The number of hydrogen-bond acceptors (Lipinski definition) is 6. The second kappa shape index (κ2) is 9.21. The summed E-state index contributed by atoms with van der Waals surface area (Å²) in [6.45, 7) is 11.1. The van der Waals surface area contributed by atoms with Gasteiger partial charge in [-0.05, 0) is 46.1 Å². The van der Waals surface area contributed by atoms with E-state index in [1.165, 1.54) is 0 Å². The second-order valence-electron chi connectivity index (χ2n) is 8.32. The van der Waals surface area contributed by atoms with Gasteiger partial charge in [-0.25, -0.2) is 4.79 Å². The van der Waals surface area contributed by atoms with Crippen LogP contribution in [-0.4, -0.2) is 53.3 Å². The Labute approximate surface area is 161 Å². The number of carbonyl (C=O) groups is 2. The van der Waals surface area contributed by atoms with Crippen LogP contribution in [0.1, 0.15) is 65.5 Å². The number of hydrogen-bond donors (Lipinski definition) is 2. The normalized spacial score (nSPS) is 18.4. The van der Waals surface area contributed by atoms with Gasteiger partial charge in [0.15, 0.2) is 0 Å². The molecule has 8 nitrogen and oxygen atoms in total. The third-order valence-electron chi connectivity index (χ3n) is 4.36. The van der Waals surface area contributed by atoms with Crippen molar-refractivity contribution in [3.8, 4) is 0 Å². The van der Waals surface area contributed by atoms with Crippen LogP contribution in [0.3, 0.4) is 0 Å². The molecule has 0 bridgehead atoms. The maximum atomic E-state index is 12.4. The summed E-state index contributed by atoms with van der Waals surface area (Å²) >= 11 is 0. The number of carbonyl (C=O) groups excluding carboxylic acids is 2. The van der Waals surface area contributed by atoms with Crippen molar-refractivity contribution in [2.45, 2.75) is 71.4 Å². The van der Waals surface area contributed by atoms with Crippen molar-refractivity contribution in [2.24, 2.45) is 0 Å². The van der Waals surface area contributed by atoms with E-state index in [1.54, 1.807) is 6.07 Å². The SMILES string of the molecule is CC(C)c1cc(NC(=O)CN2CCCCC2CNC(=O)OC(C)(C)C)on1. The molecule has 1 aliphatic heterocycles. The zero-order valence-corrected chi connectivity index (χ0v) is 17.0. The molecule has 0 spiro atoms. The lowest BCUT2D eigenvalue weighted by molar-refractivity contribution is -0.118. The molecule has 2 heterocycles. The number of nitrogens with zero attached hydrogens (tertiary/aromatic N) is 2. The number of ether oxygens (including phenoxy) is 1. The lowest BCUT2D eigenvalue weighted by Gasteiger charge is -2.35. The van der Waals surface area contributed by atoms with Gasteiger partial charge in [-0.1, -0.05) is 25.4 Å². The zero-order valence-electron chi connectivity index (χ0n) is 17.0. The summed E-state index contributed by atoms with van der Waals surface area (Å²) < 4.78 is 10.4. The van der Waals surface area contributed by atoms with E-state index in [1.807, 2.05) is 34.6 Å². The first-order valence-electron chi connectivity index (χ1n) is 9.61. The van der Waals surface area contributed by atoms with E-state index in [0.717, 1.165) is 31.5 Å². The van der Waals surface area contributed by atoms with Crippen molar-refractivity contribution >= 4 is 17.9 Å². The third kappa shape index (κ3) is 7.21. The third-order valence-corrected chi connectivity index (χ3v) is 4.36. The summed E-state index contributed by atoms with van der Waals surface area (Å²) in [7, 11) is 0. The van der Waals surface area contributed by atoms with E-state index in [0.29, 0.717) is 12.4 Å². The van der Waals surface area contributed by atoms with Gasteiger partial charge in [-0.15, -0.1) is 0 Å². The van der Waals surface area contributed by atoms with Gasteiger partial charge in [-0.2, -0.15) is 0 Å². The van der Waals surface area contributed by atoms with Gasteiger partial charge < -0.3 is 14.6 Å². The van der Waals surface area contributed by atoms with Crippen molar-refractivity contribution in [3.05, 3.63) is 11.8 Å². The molecule has 2 N–H and O–H groups in total. The summed E-state index contributed by atoms with van der Waals surface area (Å²) in [6, 6.07) is 1.86. The van der Waals surface area contributed by atoms with Gasteiger partial charge in [0, 0.05) is 18.7 Å². The molecule has 0 radical (unpaired) electrons. The van der Waals surface area contributed by atoms with Crippen LogP contribution < -0.4 is 10.6 Å². The number of likely N-dealkylation sites (tertiary alicyclic amines) is 1. The van der Waals surface area contributed by atoms with E-state index in [-0.39, 0.29) is 24.4 Å². The van der Waals surface area contributed by atoms with Crippen LogP contribution in [0.5, 0.6) is 0 Å². The molecule has 0 saturated carbocycles. The predicted molar refractivity (Wildman–Crippen MR) is 103 cm³/mol. The van der Waals surface area contributed by atoms with E-state index >= 15 is 0 Å². The van der Waals surface area contributed by atoms with Crippen LogP contribution in [0.2, 0.25) is 0 Å². The molecule has 2 amide bonds. The molecule has 0 aromatic carbocycles.